The molecule has 1 saturated carbocycles. The zero-order valence-corrected chi connectivity index (χ0v) is 17.5. The van der Waals surface area contributed by atoms with Crippen LogP contribution in [0.1, 0.15) is 54.6 Å². The molecule has 1 aliphatic rings. The first-order valence-corrected chi connectivity index (χ1v) is 10.7. The number of aliphatic hydroxyl groups excluding tert-OH is 1. The second-order valence-corrected chi connectivity index (χ2v) is 7.82. The van der Waals surface area contributed by atoms with E-state index in [2.05, 4.69) is 20.7 Å². The standard InChI is InChI=1S/C23H27N5O3/c1-2-28-22-18(13-25-28)21(26-16-8-10-17(30)11-9-16)19(12-24-22)23(31)27-20(14-29)15-6-4-3-5-7-15/h3-7,12-13,16,20,29H,2,8-11,14H2,1H3,(H,24,26)(H,27,31)/t20-/m0/s1. The molecular weight excluding hydrogens is 394 g/mol. The third kappa shape index (κ3) is 4.44. The van der Waals surface area contributed by atoms with Crippen LogP contribution in [0.4, 0.5) is 5.69 Å². The van der Waals surface area contributed by atoms with E-state index in [1.54, 1.807) is 17.1 Å². The largest absolute Gasteiger partial charge is 0.394 e. The molecule has 0 radical (unpaired) electrons. The molecule has 1 aromatic carbocycles. The number of aryl methyl sites for hydroxylation is 1. The number of Topliss-reactive ketones (excluding diaryl/α,β-unsaturated/α-hetero) is 1. The third-order valence-electron chi connectivity index (χ3n) is 5.79. The van der Waals surface area contributed by atoms with Crippen molar-refractivity contribution in [2.45, 2.75) is 51.2 Å². The Morgan fingerprint density at radius 1 is 1.23 bits per heavy atom. The number of hydrogen-bond acceptors (Lipinski definition) is 6. The fourth-order valence-corrected chi connectivity index (χ4v) is 4.03. The number of benzene rings is 1. The summed E-state index contributed by atoms with van der Waals surface area (Å²) in [6, 6.07) is 8.94. The predicted octanol–water partition coefficient (Wildman–Crippen LogP) is 2.84. The van der Waals surface area contributed by atoms with Gasteiger partial charge in [0.1, 0.15) is 5.78 Å². The number of nitrogens with one attached hydrogen (secondary N) is 2. The Balaban J connectivity index is 1.67. The van der Waals surface area contributed by atoms with Gasteiger partial charge in [-0.25, -0.2) is 9.67 Å². The van der Waals surface area contributed by atoms with Crippen LogP contribution in [0.5, 0.6) is 0 Å². The van der Waals surface area contributed by atoms with Gasteiger partial charge in [0.2, 0.25) is 0 Å². The highest BCUT2D eigenvalue weighted by Crippen LogP contribution is 2.30. The van der Waals surface area contributed by atoms with Crippen molar-refractivity contribution in [3.63, 3.8) is 0 Å². The number of amides is 1. The maximum absolute atomic E-state index is 13.2. The number of hydrogen-bond donors (Lipinski definition) is 3. The Labute approximate surface area is 180 Å². The normalized spacial score (nSPS) is 15.7. The van der Waals surface area contributed by atoms with Crippen LogP contribution in [-0.4, -0.2) is 44.2 Å². The molecule has 2 heterocycles. The minimum Gasteiger partial charge on any atom is -0.394 e. The van der Waals surface area contributed by atoms with E-state index < -0.39 is 6.04 Å². The van der Waals surface area contributed by atoms with Crippen molar-refractivity contribution in [2.75, 3.05) is 11.9 Å². The van der Waals surface area contributed by atoms with Crippen molar-refractivity contribution in [1.82, 2.24) is 20.1 Å². The van der Waals surface area contributed by atoms with E-state index in [1.165, 1.54) is 0 Å². The van der Waals surface area contributed by atoms with Crippen molar-refractivity contribution in [3.05, 3.63) is 53.9 Å². The van der Waals surface area contributed by atoms with Crippen molar-refractivity contribution in [3.8, 4) is 0 Å². The van der Waals surface area contributed by atoms with Crippen LogP contribution in [0.25, 0.3) is 11.0 Å². The fraction of sp³-hybridized carbons (Fsp3) is 0.391. The smallest absolute Gasteiger partial charge is 0.255 e. The minimum absolute atomic E-state index is 0.0996. The summed E-state index contributed by atoms with van der Waals surface area (Å²) in [5.41, 5.74) is 2.60. The number of aromatic nitrogens is 3. The number of aliphatic hydroxyl groups is 1. The molecule has 1 atom stereocenters. The number of ketones is 1. The minimum atomic E-state index is -0.525. The first kappa shape index (κ1) is 21.0. The summed E-state index contributed by atoms with van der Waals surface area (Å²) in [5.74, 6) is -0.0423. The number of nitrogens with zero attached hydrogens (tertiary/aromatic N) is 3. The van der Waals surface area contributed by atoms with Gasteiger partial charge in [-0.3, -0.25) is 9.59 Å². The van der Waals surface area contributed by atoms with Gasteiger partial charge in [0.25, 0.3) is 5.91 Å². The highest BCUT2D eigenvalue weighted by atomic mass is 16.3. The Kier molecular flexibility index (Phi) is 6.27. The Hall–Kier alpha value is -3.26. The molecule has 0 saturated heterocycles. The number of anilines is 1. The van der Waals surface area contributed by atoms with Crippen molar-refractivity contribution >= 4 is 28.4 Å². The average molecular weight is 422 g/mol. The third-order valence-corrected chi connectivity index (χ3v) is 5.79. The lowest BCUT2D eigenvalue weighted by molar-refractivity contribution is -0.120. The second kappa shape index (κ2) is 9.26. The highest BCUT2D eigenvalue weighted by molar-refractivity contribution is 6.06. The first-order chi connectivity index (χ1) is 15.1. The Morgan fingerprint density at radius 3 is 2.65 bits per heavy atom. The van der Waals surface area contributed by atoms with Gasteiger partial charge in [0.05, 0.1) is 35.5 Å². The molecule has 2 aromatic heterocycles. The quantitative estimate of drug-likeness (QED) is 0.541. The van der Waals surface area contributed by atoms with Gasteiger partial charge in [-0.05, 0) is 25.3 Å². The predicted molar refractivity (Wildman–Crippen MR) is 118 cm³/mol. The molecule has 1 aliphatic carbocycles. The van der Waals surface area contributed by atoms with Crippen LogP contribution < -0.4 is 10.6 Å². The molecule has 0 aliphatic heterocycles. The van der Waals surface area contributed by atoms with Crippen LogP contribution in [0.2, 0.25) is 0 Å². The van der Waals surface area contributed by atoms with Crippen LogP contribution in [0.3, 0.4) is 0 Å². The number of rotatable bonds is 7. The van der Waals surface area contributed by atoms with E-state index in [-0.39, 0.29) is 24.3 Å². The van der Waals surface area contributed by atoms with Gasteiger partial charge in [-0.15, -0.1) is 0 Å². The highest BCUT2D eigenvalue weighted by Gasteiger charge is 2.25. The van der Waals surface area contributed by atoms with Gasteiger partial charge in [0.15, 0.2) is 5.65 Å². The van der Waals surface area contributed by atoms with Crippen molar-refractivity contribution in [2.24, 2.45) is 0 Å². The molecule has 0 spiro atoms. The molecule has 0 bridgehead atoms. The molecule has 8 nitrogen and oxygen atoms in total. The molecule has 1 fully saturated rings. The van der Waals surface area contributed by atoms with E-state index in [4.69, 9.17) is 0 Å². The van der Waals surface area contributed by atoms with E-state index in [0.29, 0.717) is 36.3 Å². The summed E-state index contributed by atoms with van der Waals surface area (Å²) >= 11 is 0. The molecule has 3 N–H and O–H groups in total. The van der Waals surface area contributed by atoms with Gasteiger partial charge in [-0.1, -0.05) is 30.3 Å². The second-order valence-electron chi connectivity index (χ2n) is 7.82. The summed E-state index contributed by atoms with van der Waals surface area (Å²) in [6.07, 6.45) is 5.83. The Morgan fingerprint density at radius 2 is 1.97 bits per heavy atom. The van der Waals surface area contributed by atoms with E-state index in [1.807, 2.05) is 37.3 Å². The van der Waals surface area contributed by atoms with Crippen LogP contribution in [-0.2, 0) is 11.3 Å². The lowest BCUT2D eigenvalue weighted by Gasteiger charge is -2.25. The van der Waals surface area contributed by atoms with Crippen LogP contribution in [0.15, 0.2) is 42.7 Å². The zero-order chi connectivity index (χ0) is 21.8. The number of carbonyl (C=O) groups excluding carboxylic acids is 2. The van der Waals surface area contributed by atoms with Crippen molar-refractivity contribution in [1.29, 1.82) is 0 Å². The first-order valence-electron chi connectivity index (χ1n) is 10.7. The summed E-state index contributed by atoms with van der Waals surface area (Å²) in [5, 5.41) is 21.4. The van der Waals surface area contributed by atoms with Crippen molar-refractivity contribution < 1.29 is 14.7 Å². The molecule has 162 valence electrons. The molecule has 4 rings (SSSR count). The van der Waals surface area contributed by atoms with Gasteiger partial charge in [0, 0.05) is 31.6 Å². The monoisotopic (exact) mass is 421 g/mol. The molecule has 31 heavy (non-hydrogen) atoms. The number of carbonyl (C=O) groups is 2. The SMILES string of the molecule is CCn1ncc2c(NC3CCC(=O)CC3)c(C(=O)N[C@@H](CO)c3ccccc3)cnc21. The Bertz CT molecular complexity index is 1070. The number of fused-ring (bicyclic) bond motifs is 1. The molecule has 3 aromatic rings. The molecule has 0 unspecified atom stereocenters. The summed E-state index contributed by atoms with van der Waals surface area (Å²) in [7, 11) is 0. The number of pyridine rings is 1. The maximum Gasteiger partial charge on any atom is 0.255 e. The zero-order valence-electron chi connectivity index (χ0n) is 17.5. The summed E-state index contributed by atoms with van der Waals surface area (Å²) in [4.78, 5) is 29.4. The lowest BCUT2D eigenvalue weighted by Crippen LogP contribution is -2.32. The molecule has 1 amide bonds. The average Bonchev–Trinajstić information content (AvgIpc) is 3.23. The van der Waals surface area contributed by atoms with E-state index >= 15 is 0 Å². The topological polar surface area (TPSA) is 109 Å². The molecule has 8 heteroatoms. The summed E-state index contributed by atoms with van der Waals surface area (Å²) in [6.45, 7) is 2.44. The van der Waals surface area contributed by atoms with Gasteiger partial charge >= 0.3 is 0 Å². The van der Waals surface area contributed by atoms with Crippen LogP contribution in [0, 0.1) is 0 Å². The fourth-order valence-electron chi connectivity index (χ4n) is 4.03. The maximum atomic E-state index is 13.2. The van der Waals surface area contributed by atoms with E-state index in [9.17, 15) is 14.7 Å². The van der Waals surface area contributed by atoms with Gasteiger partial charge in [-0.2, -0.15) is 5.10 Å². The summed E-state index contributed by atoms with van der Waals surface area (Å²) < 4.78 is 1.78. The molecular formula is C23H27N5O3. The van der Waals surface area contributed by atoms with Gasteiger partial charge < -0.3 is 15.7 Å². The lowest BCUT2D eigenvalue weighted by atomic mass is 9.94. The van der Waals surface area contributed by atoms with E-state index in [0.717, 1.165) is 23.8 Å². The van der Waals surface area contributed by atoms with Crippen LogP contribution >= 0.6 is 0 Å².